The molecule has 0 radical (unpaired) electrons. The molecule has 0 fully saturated rings. The third kappa shape index (κ3) is 2.83. The van der Waals surface area contributed by atoms with Gasteiger partial charge in [-0.05, 0) is 5.21 Å². The van der Waals surface area contributed by atoms with Crippen molar-refractivity contribution in [2.45, 2.75) is 0 Å². The van der Waals surface area contributed by atoms with Gasteiger partial charge in [-0.15, -0.1) is 10.2 Å². The molecule has 0 saturated carbocycles. The minimum absolute atomic E-state index is 0.190. The van der Waals surface area contributed by atoms with Crippen molar-refractivity contribution in [3.05, 3.63) is 5.82 Å². The molecular formula is C4H6N6O3. The second-order valence-corrected chi connectivity index (χ2v) is 1.92. The Balaban J connectivity index is 2.31. The van der Waals surface area contributed by atoms with Crippen molar-refractivity contribution in [2.24, 2.45) is 5.73 Å². The Kier molecular flexibility index (Phi) is 2.87. The van der Waals surface area contributed by atoms with Crippen LogP contribution < -0.4 is 11.2 Å². The van der Waals surface area contributed by atoms with Crippen molar-refractivity contribution in [1.82, 2.24) is 26.1 Å². The van der Waals surface area contributed by atoms with E-state index in [0.717, 1.165) is 0 Å². The largest absolute Gasteiger partial charge is 0.368 e. The minimum atomic E-state index is -0.713. The van der Waals surface area contributed by atoms with Gasteiger partial charge in [-0.2, -0.15) is 5.21 Å². The van der Waals surface area contributed by atoms with Gasteiger partial charge in [0.15, 0.2) is 6.61 Å². The highest BCUT2D eigenvalue weighted by Gasteiger charge is 2.10. The van der Waals surface area contributed by atoms with Crippen molar-refractivity contribution in [2.75, 3.05) is 6.61 Å². The van der Waals surface area contributed by atoms with Gasteiger partial charge in [0.05, 0.1) is 0 Å². The molecule has 9 heteroatoms. The number of nitrogens with zero attached hydrogens (tertiary/aromatic N) is 3. The standard InChI is InChI=1S/C4H6N6O3/c5-2(11)1-13-8-4(12)3-6-9-10-7-3/h1H2,(H2,5,11)(H,8,12)(H,6,7,9,10). The van der Waals surface area contributed by atoms with E-state index in [1.807, 2.05) is 5.48 Å². The molecule has 0 saturated heterocycles. The number of carbonyl (C=O) groups is 2. The molecule has 0 bridgehead atoms. The highest BCUT2D eigenvalue weighted by Crippen LogP contribution is 1.81. The lowest BCUT2D eigenvalue weighted by atomic mass is 10.6. The average molecular weight is 186 g/mol. The molecule has 0 aliphatic heterocycles. The summed E-state index contributed by atoms with van der Waals surface area (Å²) < 4.78 is 0. The maximum Gasteiger partial charge on any atom is 0.316 e. The number of nitrogens with two attached hydrogens (primary N) is 1. The number of H-pyrrole nitrogens is 1. The van der Waals surface area contributed by atoms with Crippen LogP contribution in [-0.4, -0.2) is 39.0 Å². The minimum Gasteiger partial charge on any atom is -0.368 e. The van der Waals surface area contributed by atoms with Crippen molar-refractivity contribution in [3.63, 3.8) is 0 Å². The number of rotatable bonds is 4. The van der Waals surface area contributed by atoms with Crippen molar-refractivity contribution in [1.29, 1.82) is 0 Å². The predicted octanol–water partition coefficient (Wildman–Crippen LogP) is -2.65. The summed E-state index contributed by atoms with van der Waals surface area (Å²) in [6.07, 6.45) is 0. The number of nitrogens with one attached hydrogen (secondary N) is 2. The Morgan fingerprint density at radius 1 is 1.62 bits per heavy atom. The van der Waals surface area contributed by atoms with E-state index in [2.05, 4.69) is 25.5 Å². The van der Waals surface area contributed by atoms with Gasteiger partial charge >= 0.3 is 5.91 Å². The molecule has 70 valence electrons. The Bertz CT molecular complexity index is 295. The van der Waals surface area contributed by atoms with E-state index in [1.54, 1.807) is 0 Å². The van der Waals surface area contributed by atoms with Crippen LogP contribution in [0.25, 0.3) is 0 Å². The number of hydrogen-bond acceptors (Lipinski definition) is 6. The zero-order chi connectivity index (χ0) is 9.68. The molecule has 0 spiro atoms. The first-order valence-corrected chi connectivity index (χ1v) is 3.14. The number of amides is 2. The van der Waals surface area contributed by atoms with Crippen LogP contribution >= 0.6 is 0 Å². The van der Waals surface area contributed by atoms with Gasteiger partial charge in [0.2, 0.25) is 5.91 Å². The number of carbonyl (C=O) groups excluding carboxylic acids is 2. The first kappa shape index (κ1) is 9.06. The van der Waals surface area contributed by atoms with E-state index in [9.17, 15) is 9.59 Å². The third-order valence-electron chi connectivity index (χ3n) is 0.928. The molecule has 9 nitrogen and oxygen atoms in total. The predicted molar refractivity (Wildman–Crippen MR) is 36.8 cm³/mol. The Labute approximate surface area is 71.6 Å². The molecule has 13 heavy (non-hydrogen) atoms. The molecule has 0 unspecified atom stereocenters. The van der Waals surface area contributed by atoms with E-state index in [0.29, 0.717) is 0 Å². The van der Waals surface area contributed by atoms with Crippen LogP contribution in [0.2, 0.25) is 0 Å². The molecule has 0 atom stereocenters. The molecule has 0 aliphatic carbocycles. The van der Waals surface area contributed by atoms with Gasteiger partial charge < -0.3 is 5.73 Å². The van der Waals surface area contributed by atoms with Crippen LogP contribution in [0.4, 0.5) is 0 Å². The summed E-state index contributed by atoms with van der Waals surface area (Å²) in [4.78, 5) is 25.5. The van der Waals surface area contributed by atoms with E-state index in [4.69, 9.17) is 5.73 Å². The first-order chi connectivity index (χ1) is 6.20. The summed E-state index contributed by atoms with van der Waals surface area (Å²) in [7, 11) is 0. The highest BCUT2D eigenvalue weighted by atomic mass is 16.7. The molecule has 4 N–H and O–H groups in total. The van der Waals surface area contributed by atoms with Crippen LogP contribution in [0.1, 0.15) is 10.6 Å². The Morgan fingerprint density at radius 3 is 2.92 bits per heavy atom. The highest BCUT2D eigenvalue weighted by molar-refractivity contribution is 5.89. The van der Waals surface area contributed by atoms with Gasteiger partial charge in [-0.25, -0.2) is 5.48 Å². The Morgan fingerprint density at radius 2 is 2.38 bits per heavy atom. The van der Waals surface area contributed by atoms with Crippen LogP contribution in [0, 0.1) is 0 Å². The lowest BCUT2D eigenvalue weighted by Crippen LogP contribution is -2.30. The Hall–Kier alpha value is -2.03. The van der Waals surface area contributed by atoms with Gasteiger partial charge in [0, 0.05) is 0 Å². The smallest absolute Gasteiger partial charge is 0.316 e. The topological polar surface area (TPSA) is 136 Å². The molecule has 0 aliphatic rings. The number of aromatic nitrogens is 4. The zero-order valence-electron chi connectivity index (χ0n) is 6.35. The molecule has 1 rings (SSSR count). The normalized spacial score (nSPS) is 9.54. The summed E-state index contributed by atoms with van der Waals surface area (Å²) in [6.45, 7) is -0.413. The quantitative estimate of drug-likeness (QED) is 0.439. The average Bonchev–Trinajstić information content (AvgIpc) is 2.55. The maximum atomic E-state index is 10.9. The molecular weight excluding hydrogens is 180 g/mol. The van der Waals surface area contributed by atoms with E-state index in [1.165, 1.54) is 0 Å². The monoisotopic (exact) mass is 186 g/mol. The number of aromatic amines is 1. The summed E-state index contributed by atoms with van der Waals surface area (Å²) in [5.41, 5.74) is 6.62. The molecule has 2 amide bonds. The fourth-order valence-corrected chi connectivity index (χ4v) is 0.476. The first-order valence-electron chi connectivity index (χ1n) is 3.14. The van der Waals surface area contributed by atoms with E-state index in [-0.39, 0.29) is 5.82 Å². The van der Waals surface area contributed by atoms with Crippen LogP contribution in [0.5, 0.6) is 0 Å². The fraction of sp³-hybridized carbons (Fsp3) is 0.250. The van der Waals surface area contributed by atoms with E-state index < -0.39 is 18.4 Å². The van der Waals surface area contributed by atoms with Crippen molar-refractivity contribution in [3.8, 4) is 0 Å². The van der Waals surface area contributed by atoms with Crippen LogP contribution in [-0.2, 0) is 9.63 Å². The molecule has 1 aromatic heterocycles. The number of primary amides is 1. The SMILES string of the molecule is NC(=O)CONC(=O)c1nn[nH]n1. The lowest BCUT2D eigenvalue weighted by molar-refractivity contribution is -0.124. The summed E-state index contributed by atoms with van der Waals surface area (Å²) >= 11 is 0. The van der Waals surface area contributed by atoms with Crippen LogP contribution in [0.3, 0.4) is 0 Å². The molecule has 0 aromatic carbocycles. The zero-order valence-corrected chi connectivity index (χ0v) is 6.35. The van der Waals surface area contributed by atoms with Gasteiger partial charge in [-0.1, -0.05) is 0 Å². The van der Waals surface area contributed by atoms with Crippen LogP contribution in [0.15, 0.2) is 0 Å². The molecule has 1 aromatic rings. The van der Waals surface area contributed by atoms with Gasteiger partial charge in [0.1, 0.15) is 0 Å². The second-order valence-electron chi connectivity index (χ2n) is 1.92. The van der Waals surface area contributed by atoms with Crippen molar-refractivity contribution < 1.29 is 14.4 Å². The third-order valence-corrected chi connectivity index (χ3v) is 0.928. The molecule has 1 heterocycles. The maximum absolute atomic E-state index is 10.9. The lowest BCUT2D eigenvalue weighted by Gasteiger charge is -1.99. The second kappa shape index (κ2) is 4.11. The summed E-state index contributed by atoms with van der Waals surface area (Å²) in [5, 5.41) is 11.9. The van der Waals surface area contributed by atoms with Gasteiger partial charge in [0.25, 0.3) is 5.82 Å². The summed E-state index contributed by atoms with van der Waals surface area (Å²) in [6, 6.07) is 0. The van der Waals surface area contributed by atoms with E-state index >= 15 is 0 Å². The fourth-order valence-electron chi connectivity index (χ4n) is 0.476. The van der Waals surface area contributed by atoms with Crippen molar-refractivity contribution >= 4 is 11.8 Å². The number of hydrogen-bond donors (Lipinski definition) is 3. The number of hydroxylamine groups is 1. The van der Waals surface area contributed by atoms with Gasteiger partial charge in [-0.3, -0.25) is 14.4 Å². The number of tetrazole rings is 1. The summed E-state index contributed by atoms with van der Waals surface area (Å²) in [5.74, 6) is -1.60.